The molecular weight excluding hydrogens is 470 g/mol. The van der Waals surface area contributed by atoms with Gasteiger partial charge in [-0.3, -0.25) is 4.68 Å². The molecule has 178 valence electrons. The Labute approximate surface area is 204 Å². The van der Waals surface area contributed by atoms with Gasteiger partial charge in [0.1, 0.15) is 5.69 Å². The maximum atomic E-state index is 14.8. The number of nitrogens with zero attached hydrogens (tertiary/aromatic N) is 6. The zero-order valence-electron chi connectivity index (χ0n) is 19.0. The van der Waals surface area contributed by atoms with Gasteiger partial charge in [0.15, 0.2) is 5.82 Å². The minimum atomic E-state index is -0.552. The number of pyridine rings is 1. The van der Waals surface area contributed by atoms with E-state index in [0.717, 1.165) is 33.0 Å². The van der Waals surface area contributed by atoms with Gasteiger partial charge in [0, 0.05) is 41.3 Å². The molecule has 0 amide bonds. The van der Waals surface area contributed by atoms with Gasteiger partial charge in [-0.1, -0.05) is 23.4 Å². The number of aromatic nitrogens is 6. The molecule has 0 unspecified atom stereocenters. The minimum Gasteiger partial charge on any atom is -0.352 e. The second-order valence-electron chi connectivity index (χ2n) is 7.92. The first kappa shape index (κ1) is 22.9. The lowest BCUT2D eigenvalue weighted by molar-refractivity contribution is 0.577. The van der Waals surface area contributed by atoms with E-state index in [2.05, 4.69) is 35.9 Å². The summed E-state index contributed by atoms with van der Waals surface area (Å²) in [7, 11) is 1.84. The summed E-state index contributed by atoms with van der Waals surface area (Å²) >= 11 is 1.41. The van der Waals surface area contributed by atoms with Gasteiger partial charge in [0.25, 0.3) is 0 Å². The molecule has 0 aliphatic heterocycles. The van der Waals surface area contributed by atoms with E-state index in [9.17, 15) is 8.78 Å². The summed E-state index contributed by atoms with van der Waals surface area (Å²) in [4.78, 5) is 13.0. The standard InChI is InChI=1S/C24H22F2N8S/c1-14(27-2)18-12-29-21(26)11-17(18)16-5-3-4-15-10-20(35-23(15)16)22-19(25)13-30-24(32-22)28-6-8-34-9-7-31-33-34/h3-5,7,9-14,27H,6,8H2,1-2H3,(H,28,30,32)/t14-/m0/s1. The van der Waals surface area contributed by atoms with Crippen molar-refractivity contribution in [2.45, 2.75) is 19.5 Å². The Morgan fingerprint density at radius 2 is 2.00 bits per heavy atom. The van der Waals surface area contributed by atoms with Crippen LogP contribution in [0.4, 0.5) is 14.7 Å². The fraction of sp³-hybridized carbons (Fsp3) is 0.208. The Morgan fingerprint density at radius 3 is 2.80 bits per heavy atom. The lowest BCUT2D eigenvalue weighted by atomic mass is 9.97. The van der Waals surface area contributed by atoms with Crippen molar-refractivity contribution in [3.05, 3.63) is 72.4 Å². The third kappa shape index (κ3) is 4.73. The largest absolute Gasteiger partial charge is 0.352 e. The molecule has 0 aliphatic rings. The molecule has 0 saturated heterocycles. The maximum absolute atomic E-state index is 14.8. The highest BCUT2D eigenvalue weighted by Crippen LogP contribution is 2.41. The van der Waals surface area contributed by atoms with Crippen molar-refractivity contribution >= 4 is 27.4 Å². The number of anilines is 1. The zero-order chi connectivity index (χ0) is 24.4. The molecule has 4 heterocycles. The van der Waals surface area contributed by atoms with Crippen molar-refractivity contribution < 1.29 is 8.78 Å². The van der Waals surface area contributed by atoms with Crippen LogP contribution in [-0.2, 0) is 6.54 Å². The van der Waals surface area contributed by atoms with E-state index in [-0.39, 0.29) is 11.7 Å². The summed E-state index contributed by atoms with van der Waals surface area (Å²) in [6.07, 6.45) is 6.08. The number of hydrogen-bond donors (Lipinski definition) is 2. The van der Waals surface area contributed by atoms with Crippen LogP contribution in [0.5, 0.6) is 0 Å². The van der Waals surface area contributed by atoms with Gasteiger partial charge in [0.2, 0.25) is 11.9 Å². The van der Waals surface area contributed by atoms with Crippen molar-refractivity contribution in [3.8, 4) is 21.7 Å². The summed E-state index contributed by atoms with van der Waals surface area (Å²) in [5.74, 6) is -0.746. The molecule has 0 spiro atoms. The summed E-state index contributed by atoms with van der Waals surface area (Å²) in [6.45, 7) is 3.06. The summed E-state index contributed by atoms with van der Waals surface area (Å²) in [5.41, 5.74) is 2.69. The average molecular weight is 493 g/mol. The van der Waals surface area contributed by atoms with Crippen LogP contribution < -0.4 is 10.6 Å². The molecule has 5 rings (SSSR count). The third-order valence-electron chi connectivity index (χ3n) is 5.71. The van der Waals surface area contributed by atoms with Gasteiger partial charge in [-0.2, -0.15) is 4.39 Å². The molecule has 0 saturated carbocycles. The molecule has 2 N–H and O–H groups in total. The van der Waals surface area contributed by atoms with E-state index < -0.39 is 11.8 Å². The number of rotatable bonds is 8. The van der Waals surface area contributed by atoms with Crippen molar-refractivity contribution in [2.75, 3.05) is 18.9 Å². The Kier molecular flexibility index (Phi) is 6.43. The summed E-state index contributed by atoms with van der Waals surface area (Å²) in [5, 5.41) is 14.9. The van der Waals surface area contributed by atoms with Gasteiger partial charge >= 0.3 is 0 Å². The first-order chi connectivity index (χ1) is 17.0. The lowest BCUT2D eigenvalue weighted by Gasteiger charge is -2.16. The first-order valence-corrected chi connectivity index (χ1v) is 11.8. The van der Waals surface area contributed by atoms with Crippen LogP contribution >= 0.6 is 11.3 Å². The van der Waals surface area contributed by atoms with Crippen molar-refractivity contribution in [1.29, 1.82) is 0 Å². The summed E-state index contributed by atoms with van der Waals surface area (Å²) in [6, 6.07) is 9.11. The lowest BCUT2D eigenvalue weighted by Crippen LogP contribution is -2.14. The number of benzene rings is 1. The quantitative estimate of drug-likeness (QED) is 0.304. The molecule has 5 aromatic rings. The summed E-state index contributed by atoms with van der Waals surface area (Å²) < 4.78 is 31.5. The van der Waals surface area contributed by atoms with Crippen LogP contribution in [0, 0.1) is 11.8 Å². The topological polar surface area (TPSA) is 93.4 Å². The number of halogens is 2. The van der Waals surface area contributed by atoms with Gasteiger partial charge < -0.3 is 10.6 Å². The first-order valence-electron chi connectivity index (χ1n) is 11.0. The highest BCUT2D eigenvalue weighted by molar-refractivity contribution is 7.22. The monoisotopic (exact) mass is 492 g/mol. The minimum absolute atomic E-state index is 0.0294. The van der Waals surface area contributed by atoms with E-state index in [1.807, 2.05) is 38.2 Å². The molecule has 0 radical (unpaired) electrons. The fourth-order valence-corrected chi connectivity index (χ4v) is 5.00. The molecule has 0 fully saturated rings. The molecule has 0 aliphatic carbocycles. The van der Waals surface area contributed by atoms with Gasteiger partial charge in [0.05, 0.1) is 23.8 Å². The van der Waals surface area contributed by atoms with Crippen LogP contribution in [0.2, 0.25) is 0 Å². The molecule has 35 heavy (non-hydrogen) atoms. The van der Waals surface area contributed by atoms with E-state index >= 15 is 0 Å². The molecule has 11 heteroatoms. The highest BCUT2D eigenvalue weighted by atomic mass is 32.1. The Hall–Kier alpha value is -3.83. The fourth-order valence-electron chi connectivity index (χ4n) is 3.83. The molecule has 1 atom stereocenters. The SMILES string of the molecule is CN[C@@H](C)c1cnc(F)cc1-c1cccc2cc(-c3nc(NCCn4ccnn4)ncc3F)sc12. The second kappa shape index (κ2) is 9.80. The van der Waals surface area contributed by atoms with Crippen LogP contribution in [0.15, 0.2) is 55.1 Å². The van der Waals surface area contributed by atoms with Crippen LogP contribution in [0.1, 0.15) is 18.5 Å². The van der Waals surface area contributed by atoms with E-state index in [1.54, 1.807) is 23.3 Å². The number of nitrogens with one attached hydrogen (secondary N) is 2. The van der Waals surface area contributed by atoms with E-state index in [0.29, 0.717) is 23.9 Å². The van der Waals surface area contributed by atoms with Gasteiger partial charge in [-0.15, -0.1) is 16.4 Å². The predicted molar refractivity (Wildman–Crippen MR) is 132 cm³/mol. The Bertz CT molecular complexity index is 1470. The van der Waals surface area contributed by atoms with Gasteiger partial charge in [-0.05, 0) is 36.6 Å². The van der Waals surface area contributed by atoms with E-state index in [4.69, 9.17) is 0 Å². The normalized spacial score (nSPS) is 12.2. The molecule has 0 bridgehead atoms. The zero-order valence-corrected chi connectivity index (χ0v) is 19.9. The van der Waals surface area contributed by atoms with Crippen molar-refractivity contribution in [3.63, 3.8) is 0 Å². The third-order valence-corrected chi connectivity index (χ3v) is 6.90. The van der Waals surface area contributed by atoms with Crippen LogP contribution in [0.25, 0.3) is 31.8 Å². The second-order valence-corrected chi connectivity index (χ2v) is 8.97. The molecular formula is C24H22F2N8S. The van der Waals surface area contributed by atoms with Crippen molar-refractivity contribution in [1.82, 2.24) is 35.3 Å². The predicted octanol–water partition coefficient (Wildman–Crippen LogP) is 4.68. The highest BCUT2D eigenvalue weighted by Gasteiger charge is 2.18. The number of hydrogen-bond acceptors (Lipinski definition) is 8. The smallest absolute Gasteiger partial charge is 0.223 e. The molecule has 8 nitrogen and oxygen atoms in total. The average Bonchev–Trinajstić information content (AvgIpc) is 3.54. The molecule has 1 aromatic carbocycles. The van der Waals surface area contributed by atoms with Gasteiger partial charge in [-0.25, -0.2) is 19.3 Å². The number of fused-ring (bicyclic) bond motifs is 1. The van der Waals surface area contributed by atoms with E-state index in [1.165, 1.54) is 17.4 Å². The molecule has 4 aromatic heterocycles. The maximum Gasteiger partial charge on any atom is 0.223 e. The van der Waals surface area contributed by atoms with Crippen LogP contribution in [0.3, 0.4) is 0 Å². The Balaban J connectivity index is 1.51. The van der Waals surface area contributed by atoms with Crippen LogP contribution in [-0.4, -0.2) is 43.5 Å². The number of thiophene rings is 1. The van der Waals surface area contributed by atoms with Crippen molar-refractivity contribution in [2.24, 2.45) is 0 Å². The Morgan fingerprint density at radius 1 is 1.11 bits per heavy atom.